The van der Waals surface area contributed by atoms with E-state index in [-0.39, 0.29) is 16.4 Å². The molecule has 0 saturated heterocycles. The predicted molar refractivity (Wildman–Crippen MR) is 121 cm³/mol. The first-order valence-electron chi connectivity index (χ1n) is 9.53. The third-order valence-corrected chi connectivity index (χ3v) is 6.19. The number of carbonyl (C=O) groups is 2. The minimum absolute atomic E-state index is 0.0453. The molecule has 0 bridgehead atoms. The quantitative estimate of drug-likeness (QED) is 0.547. The highest BCUT2D eigenvalue weighted by Gasteiger charge is 2.16. The van der Waals surface area contributed by atoms with Gasteiger partial charge in [-0.1, -0.05) is 12.1 Å². The molecule has 0 atom stereocenters. The van der Waals surface area contributed by atoms with Crippen LogP contribution >= 0.6 is 0 Å². The highest BCUT2D eigenvalue weighted by atomic mass is 32.2. The van der Waals surface area contributed by atoms with Crippen molar-refractivity contribution in [2.45, 2.75) is 18.7 Å². The van der Waals surface area contributed by atoms with E-state index >= 15 is 0 Å². The lowest BCUT2D eigenvalue weighted by Gasteiger charge is -2.11. The summed E-state index contributed by atoms with van der Waals surface area (Å²) in [6.45, 7) is 3.86. The molecule has 3 N–H and O–H groups in total. The minimum atomic E-state index is -3.79. The van der Waals surface area contributed by atoms with Crippen molar-refractivity contribution in [3.8, 4) is 0 Å². The Kier molecular flexibility index (Phi) is 6.41. The molecule has 0 aromatic heterocycles. The molecule has 31 heavy (non-hydrogen) atoms. The van der Waals surface area contributed by atoms with E-state index in [9.17, 15) is 18.0 Å². The Labute approximate surface area is 181 Å². The van der Waals surface area contributed by atoms with Gasteiger partial charge in [-0.2, -0.15) is 0 Å². The summed E-state index contributed by atoms with van der Waals surface area (Å²) in [6, 6.07) is 17.5. The molecule has 0 spiro atoms. The van der Waals surface area contributed by atoms with Gasteiger partial charge < -0.3 is 10.6 Å². The number of hydrogen-bond donors (Lipinski definition) is 3. The van der Waals surface area contributed by atoms with Crippen LogP contribution in [0.2, 0.25) is 0 Å². The molecule has 3 rings (SSSR count). The van der Waals surface area contributed by atoms with E-state index in [2.05, 4.69) is 15.4 Å². The van der Waals surface area contributed by atoms with Gasteiger partial charge in [0.15, 0.2) is 0 Å². The summed E-state index contributed by atoms with van der Waals surface area (Å²) in [4.78, 5) is 24.3. The van der Waals surface area contributed by atoms with E-state index in [0.717, 1.165) is 11.1 Å². The molecule has 0 heterocycles. The normalized spacial score (nSPS) is 10.9. The SMILES string of the molecule is CNC(=O)c1cccc(NC(=O)c2ccc(S(=O)(=O)Nc3ccc(C)c(C)c3)cc2)c1. The first kappa shape index (κ1) is 22.0. The van der Waals surface area contributed by atoms with Gasteiger partial charge in [0.2, 0.25) is 0 Å². The average molecular weight is 438 g/mol. The van der Waals surface area contributed by atoms with E-state index in [4.69, 9.17) is 0 Å². The number of amides is 2. The van der Waals surface area contributed by atoms with Crippen LogP contribution in [-0.2, 0) is 10.0 Å². The van der Waals surface area contributed by atoms with E-state index in [1.54, 1.807) is 36.4 Å². The summed E-state index contributed by atoms with van der Waals surface area (Å²) in [7, 11) is -2.26. The second-order valence-electron chi connectivity index (χ2n) is 7.04. The van der Waals surface area contributed by atoms with E-state index in [1.807, 2.05) is 19.9 Å². The van der Waals surface area contributed by atoms with Crippen LogP contribution in [0, 0.1) is 13.8 Å². The number of sulfonamides is 1. The third kappa shape index (κ3) is 5.29. The van der Waals surface area contributed by atoms with Crippen molar-refractivity contribution >= 4 is 33.2 Å². The van der Waals surface area contributed by atoms with Gasteiger partial charge >= 0.3 is 0 Å². The van der Waals surface area contributed by atoms with E-state index in [1.165, 1.54) is 31.3 Å². The maximum Gasteiger partial charge on any atom is 0.261 e. The number of hydrogen-bond acceptors (Lipinski definition) is 4. The molecule has 3 aromatic carbocycles. The Morgan fingerprint density at radius 1 is 0.742 bits per heavy atom. The molecule has 0 unspecified atom stereocenters. The van der Waals surface area contributed by atoms with E-state index < -0.39 is 15.9 Å². The zero-order chi connectivity index (χ0) is 22.6. The first-order valence-corrected chi connectivity index (χ1v) is 11.0. The highest BCUT2D eigenvalue weighted by molar-refractivity contribution is 7.92. The van der Waals surface area contributed by atoms with Crippen molar-refractivity contribution in [2.24, 2.45) is 0 Å². The van der Waals surface area contributed by atoms with Gasteiger partial charge in [0.1, 0.15) is 0 Å². The maximum absolute atomic E-state index is 12.7. The fraction of sp³-hybridized carbons (Fsp3) is 0.130. The van der Waals surface area contributed by atoms with Crippen molar-refractivity contribution < 1.29 is 18.0 Å². The predicted octanol–water partition coefficient (Wildman–Crippen LogP) is 3.72. The summed E-state index contributed by atoms with van der Waals surface area (Å²) in [6.07, 6.45) is 0. The Hall–Kier alpha value is -3.65. The number of rotatable bonds is 6. The van der Waals surface area contributed by atoms with Gasteiger partial charge in [0, 0.05) is 29.5 Å². The minimum Gasteiger partial charge on any atom is -0.355 e. The van der Waals surface area contributed by atoms with Gasteiger partial charge in [-0.25, -0.2) is 8.42 Å². The largest absolute Gasteiger partial charge is 0.355 e. The molecule has 0 fully saturated rings. The van der Waals surface area contributed by atoms with Crippen LogP contribution in [0.15, 0.2) is 71.6 Å². The molecule has 0 aliphatic heterocycles. The zero-order valence-corrected chi connectivity index (χ0v) is 18.2. The fourth-order valence-electron chi connectivity index (χ4n) is 2.89. The maximum atomic E-state index is 12.7. The molecule has 0 aliphatic carbocycles. The molecule has 160 valence electrons. The van der Waals surface area contributed by atoms with Crippen molar-refractivity contribution in [1.82, 2.24) is 5.32 Å². The lowest BCUT2D eigenvalue weighted by Crippen LogP contribution is -2.18. The standard InChI is InChI=1S/C23H23N3O4S/c1-15-7-10-20(13-16(15)2)26-31(29,30)21-11-8-17(9-12-21)23(28)25-19-6-4-5-18(14-19)22(27)24-3/h4-14,26H,1-3H3,(H,24,27)(H,25,28). The van der Waals surface area contributed by atoms with Crippen molar-refractivity contribution in [2.75, 3.05) is 17.1 Å². The molecule has 7 nitrogen and oxygen atoms in total. The van der Waals surface area contributed by atoms with Crippen LogP contribution in [0.3, 0.4) is 0 Å². The van der Waals surface area contributed by atoms with Crippen LogP contribution < -0.4 is 15.4 Å². The van der Waals surface area contributed by atoms with Gasteiger partial charge in [0.25, 0.3) is 21.8 Å². The van der Waals surface area contributed by atoms with Crippen LogP contribution in [0.5, 0.6) is 0 Å². The number of benzene rings is 3. The van der Waals surface area contributed by atoms with Crippen LogP contribution in [0.25, 0.3) is 0 Å². The fourth-order valence-corrected chi connectivity index (χ4v) is 3.94. The van der Waals surface area contributed by atoms with Crippen molar-refractivity contribution in [3.05, 3.63) is 89.0 Å². The first-order chi connectivity index (χ1) is 14.7. The molecule has 3 aromatic rings. The summed E-state index contributed by atoms with van der Waals surface area (Å²) in [5.41, 5.74) is 3.68. The second-order valence-corrected chi connectivity index (χ2v) is 8.73. The zero-order valence-electron chi connectivity index (χ0n) is 17.4. The van der Waals surface area contributed by atoms with Crippen molar-refractivity contribution in [3.63, 3.8) is 0 Å². The molecular formula is C23H23N3O4S. The number of aryl methyl sites for hydroxylation is 2. The molecule has 0 radical (unpaired) electrons. The van der Waals surface area contributed by atoms with Gasteiger partial charge in [-0.3, -0.25) is 14.3 Å². The summed E-state index contributed by atoms with van der Waals surface area (Å²) in [5.74, 6) is -0.679. The topological polar surface area (TPSA) is 104 Å². The van der Waals surface area contributed by atoms with Crippen LogP contribution in [0.4, 0.5) is 11.4 Å². The Bertz CT molecular complexity index is 1240. The lowest BCUT2D eigenvalue weighted by molar-refractivity contribution is 0.0961. The number of nitrogens with one attached hydrogen (secondary N) is 3. The summed E-state index contributed by atoms with van der Waals surface area (Å²) < 4.78 is 27.8. The molecule has 0 saturated carbocycles. The smallest absolute Gasteiger partial charge is 0.261 e. The van der Waals surface area contributed by atoms with Gasteiger partial charge in [0.05, 0.1) is 4.90 Å². The number of anilines is 2. The molecule has 2 amide bonds. The highest BCUT2D eigenvalue weighted by Crippen LogP contribution is 2.20. The number of carbonyl (C=O) groups excluding carboxylic acids is 2. The van der Waals surface area contributed by atoms with E-state index in [0.29, 0.717) is 16.9 Å². The lowest BCUT2D eigenvalue weighted by atomic mass is 10.1. The van der Waals surface area contributed by atoms with Crippen molar-refractivity contribution in [1.29, 1.82) is 0 Å². The van der Waals surface area contributed by atoms with Gasteiger partial charge in [-0.15, -0.1) is 0 Å². The molecular weight excluding hydrogens is 414 g/mol. The Balaban J connectivity index is 1.73. The molecule has 8 heteroatoms. The van der Waals surface area contributed by atoms with Gasteiger partial charge in [-0.05, 0) is 79.6 Å². The molecule has 0 aliphatic rings. The summed E-state index contributed by atoms with van der Waals surface area (Å²) in [5, 5.41) is 5.23. The monoisotopic (exact) mass is 437 g/mol. The van der Waals surface area contributed by atoms with Crippen LogP contribution in [-0.4, -0.2) is 27.3 Å². The average Bonchev–Trinajstić information content (AvgIpc) is 2.76. The Morgan fingerprint density at radius 3 is 2.10 bits per heavy atom. The third-order valence-electron chi connectivity index (χ3n) is 4.80. The Morgan fingerprint density at radius 2 is 1.45 bits per heavy atom. The van der Waals surface area contributed by atoms with Crippen LogP contribution in [0.1, 0.15) is 31.8 Å². The summed E-state index contributed by atoms with van der Waals surface area (Å²) >= 11 is 0. The second kappa shape index (κ2) is 9.01.